The topological polar surface area (TPSA) is 26.3 Å². The molecular weight excluding hydrogens is 232 g/mol. The van der Waals surface area contributed by atoms with Gasteiger partial charge in [-0.1, -0.05) is 6.07 Å². The predicted molar refractivity (Wildman–Crippen MR) is 53.2 cm³/mol. The lowest BCUT2D eigenvalue weighted by molar-refractivity contribution is 0.112. The van der Waals surface area contributed by atoms with Crippen LogP contribution in [0.4, 0.5) is 0 Å². The normalized spacial score (nSPS) is 15.5. The molecule has 1 fully saturated rings. The molecule has 2 nitrogen and oxygen atoms in total. The molecule has 0 unspecified atom stereocenters. The Bertz CT molecular complexity index is 332. The first-order valence-electron chi connectivity index (χ1n) is 4.21. The van der Waals surface area contributed by atoms with E-state index in [-0.39, 0.29) is 0 Å². The van der Waals surface area contributed by atoms with E-state index in [9.17, 15) is 4.79 Å². The third kappa shape index (κ3) is 2.10. The molecule has 13 heavy (non-hydrogen) atoms. The molecule has 0 amide bonds. The van der Waals surface area contributed by atoms with Gasteiger partial charge in [-0.15, -0.1) is 0 Å². The van der Waals surface area contributed by atoms with Crippen LogP contribution < -0.4 is 4.74 Å². The number of halogens is 1. The molecule has 2 rings (SSSR count). The number of carbonyl (C=O) groups is 1. The zero-order valence-corrected chi connectivity index (χ0v) is 8.58. The monoisotopic (exact) mass is 240 g/mol. The molecule has 1 saturated carbocycles. The minimum absolute atomic E-state index is 0.359. The molecule has 0 saturated heterocycles. The van der Waals surface area contributed by atoms with Crippen molar-refractivity contribution in [2.45, 2.75) is 18.9 Å². The van der Waals surface area contributed by atoms with Gasteiger partial charge in [0.15, 0.2) is 0 Å². The van der Waals surface area contributed by atoms with Gasteiger partial charge in [0.25, 0.3) is 0 Å². The third-order valence-electron chi connectivity index (χ3n) is 1.91. The summed E-state index contributed by atoms with van der Waals surface area (Å²) in [4.78, 5) is 10.5. The van der Waals surface area contributed by atoms with E-state index in [1.54, 1.807) is 12.1 Å². The number of rotatable bonds is 3. The minimum Gasteiger partial charge on any atom is -0.489 e. The second kappa shape index (κ2) is 3.50. The van der Waals surface area contributed by atoms with E-state index < -0.39 is 0 Å². The van der Waals surface area contributed by atoms with Crippen molar-refractivity contribution in [3.05, 3.63) is 28.2 Å². The highest BCUT2D eigenvalue weighted by Crippen LogP contribution is 2.32. The average molecular weight is 241 g/mol. The lowest BCUT2D eigenvalue weighted by atomic mass is 10.2. The van der Waals surface area contributed by atoms with E-state index in [1.165, 1.54) is 0 Å². The van der Waals surface area contributed by atoms with Crippen molar-refractivity contribution in [1.29, 1.82) is 0 Å². The second-order valence-corrected chi connectivity index (χ2v) is 3.98. The maximum absolute atomic E-state index is 10.5. The van der Waals surface area contributed by atoms with Crippen LogP contribution >= 0.6 is 15.9 Å². The molecule has 1 aromatic carbocycles. The van der Waals surface area contributed by atoms with Gasteiger partial charge in [-0.25, -0.2) is 0 Å². The molecule has 1 aliphatic carbocycles. The average Bonchev–Trinajstić information content (AvgIpc) is 2.93. The van der Waals surface area contributed by atoms with Crippen molar-refractivity contribution in [1.82, 2.24) is 0 Å². The van der Waals surface area contributed by atoms with Gasteiger partial charge in [-0.2, -0.15) is 0 Å². The van der Waals surface area contributed by atoms with Gasteiger partial charge in [0.2, 0.25) is 0 Å². The molecule has 0 N–H and O–H groups in total. The van der Waals surface area contributed by atoms with Gasteiger partial charge in [-0.05, 0) is 40.9 Å². The molecule has 0 atom stereocenters. The summed E-state index contributed by atoms with van der Waals surface area (Å²) in [6, 6.07) is 5.35. The highest BCUT2D eigenvalue weighted by Gasteiger charge is 2.24. The molecule has 0 radical (unpaired) electrons. The Hall–Kier alpha value is -0.830. The highest BCUT2D eigenvalue weighted by molar-refractivity contribution is 9.10. The van der Waals surface area contributed by atoms with E-state index in [0.717, 1.165) is 29.4 Å². The number of hydrogen-bond donors (Lipinski definition) is 0. The molecule has 1 aromatic rings. The fourth-order valence-corrected chi connectivity index (χ4v) is 1.39. The van der Waals surface area contributed by atoms with E-state index >= 15 is 0 Å². The SMILES string of the molecule is O=Cc1ccc(Br)c(OC2CC2)c1. The first kappa shape index (κ1) is 8.75. The smallest absolute Gasteiger partial charge is 0.150 e. The highest BCUT2D eigenvalue weighted by atomic mass is 79.9. The van der Waals surface area contributed by atoms with Gasteiger partial charge in [0.1, 0.15) is 12.0 Å². The Balaban J connectivity index is 2.24. The first-order valence-corrected chi connectivity index (χ1v) is 5.00. The Morgan fingerprint density at radius 2 is 2.23 bits per heavy atom. The summed E-state index contributed by atoms with van der Waals surface area (Å²) in [5.74, 6) is 0.770. The molecule has 1 aliphatic rings. The van der Waals surface area contributed by atoms with Gasteiger partial charge in [-0.3, -0.25) is 4.79 Å². The van der Waals surface area contributed by atoms with Gasteiger partial charge in [0.05, 0.1) is 10.6 Å². The van der Waals surface area contributed by atoms with E-state index in [2.05, 4.69) is 15.9 Å². The minimum atomic E-state index is 0.359. The van der Waals surface area contributed by atoms with Crippen LogP contribution in [0.15, 0.2) is 22.7 Å². The molecule has 0 spiro atoms. The van der Waals surface area contributed by atoms with Crippen molar-refractivity contribution in [3.8, 4) is 5.75 Å². The van der Waals surface area contributed by atoms with Crippen molar-refractivity contribution in [2.24, 2.45) is 0 Å². The fraction of sp³-hybridized carbons (Fsp3) is 0.300. The Kier molecular flexibility index (Phi) is 2.36. The maximum atomic E-state index is 10.5. The van der Waals surface area contributed by atoms with E-state index in [1.807, 2.05) is 6.07 Å². The second-order valence-electron chi connectivity index (χ2n) is 3.12. The molecule has 0 heterocycles. The fourth-order valence-electron chi connectivity index (χ4n) is 1.05. The summed E-state index contributed by atoms with van der Waals surface area (Å²) in [5, 5.41) is 0. The number of ether oxygens (including phenoxy) is 1. The standard InChI is InChI=1S/C10H9BrO2/c11-9-4-1-7(6-12)5-10(9)13-8-2-3-8/h1,4-6,8H,2-3H2. The molecular formula is C10H9BrO2. The molecule has 0 bridgehead atoms. The van der Waals surface area contributed by atoms with Crippen molar-refractivity contribution >= 4 is 22.2 Å². The summed E-state index contributed by atoms with van der Waals surface area (Å²) in [5.41, 5.74) is 0.652. The lowest BCUT2D eigenvalue weighted by Crippen LogP contribution is -1.97. The van der Waals surface area contributed by atoms with E-state index in [4.69, 9.17) is 4.74 Å². The summed E-state index contributed by atoms with van der Waals surface area (Å²) < 4.78 is 6.50. The maximum Gasteiger partial charge on any atom is 0.150 e. The zero-order valence-electron chi connectivity index (χ0n) is 7.00. The van der Waals surface area contributed by atoms with Gasteiger partial charge < -0.3 is 4.74 Å². The van der Waals surface area contributed by atoms with Crippen molar-refractivity contribution in [2.75, 3.05) is 0 Å². The van der Waals surface area contributed by atoms with Gasteiger partial charge >= 0.3 is 0 Å². The van der Waals surface area contributed by atoms with Crippen LogP contribution in [-0.4, -0.2) is 12.4 Å². The van der Waals surface area contributed by atoms with Crippen LogP contribution in [0.25, 0.3) is 0 Å². The van der Waals surface area contributed by atoms with Crippen LogP contribution in [0.5, 0.6) is 5.75 Å². The Labute approximate surface area is 85.0 Å². The quantitative estimate of drug-likeness (QED) is 0.760. The van der Waals surface area contributed by atoms with Crippen LogP contribution in [0.2, 0.25) is 0 Å². The summed E-state index contributed by atoms with van der Waals surface area (Å²) in [6.07, 6.45) is 3.43. The van der Waals surface area contributed by atoms with Gasteiger partial charge in [0, 0.05) is 5.56 Å². The third-order valence-corrected chi connectivity index (χ3v) is 2.56. The summed E-state index contributed by atoms with van der Waals surface area (Å²) in [6.45, 7) is 0. The van der Waals surface area contributed by atoms with Crippen LogP contribution in [-0.2, 0) is 0 Å². The van der Waals surface area contributed by atoms with Crippen LogP contribution in [0.1, 0.15) is 23.2 Å². The first-order chi connectivity index (χ1) is 6.29. The number of hydrogen-bond acceptors (Lipinski definition) is 2. The molecule has 3 heteroatoms. The van der Waals surface area contributed by atoms with Crippen LogP contribution in [0.3, 0.4) is 0 Å². The largest absolute Gasteiger partial charge is 0.489 e. The molecule has 0 aromatic heterocycles. The Morgan fingerprint density at radius 1 is 1.46 bits per heavy atom. The molecule has 68 valence electrons. The number of benzene rings is 1. The predicted octanol–water partition coefficient (Wildman–Crippen LogP) is 2.80. The van der Waals surface area contributed by atoms with Crippen molar-refractivity contribution < 1.29 is 9.53 Å². The Morgan fingerprint density at radius 3 is 2.85 bits per heavy atom. The lowest BCUT2D eigenvalue weighted by Gasteiger charge is -2.06. The number of aldehydes is 1. The summed E-state index contributed by atoms with van der Waals surface area (Å²) in [7, 11) is 0. The van der Waals surface area contributed by atoms with Crippen LogP contribution in [0, 0.1) is 0 Å². The van der Waals surface area contributed by atoms with Crippen molar-refractivity contribution in [3.63, 3.8) is 0 Å². The summed E-state index contributed by atoms with van der Waals surface area (Å²) >= 11 is 3.37. The zero-order chi connectivity index (χ0) is 9.26. The van der Waals surface area contributed by atoms with E-state index in [0.29, 0.717) is 11.7 Å². The number of carbonyl (C=O) groups excluding carboxylic acids is 1. The molecule has 0 aliphatic heterocycles.